The number of carbonyl (C=O) groups excluding carboxylic acids is 2. The first-order valence-corrected chi connectivity index (χ1v) is 25.4. The third-order valence-corrected chi connectivity index (χ3v) is 11.6. The molecule has 1 heterocycles. The van der Waals surface area contributed by atoms with Gasteiger partial charge in [0.25, 0.3) is 0 Å². The first kappa shape index (κ1) is 58.6. The zero-order valence-electron chi connectivity index (χ0n) is 39.8. The number of unbranched alkanes of at least 4 members (excludes halogenated alkanes) is 22. The van der Waals surface area contributed by atoms with E-state index in [2.05, 4.69) is 55.6 Å². The molecule has 6 N–H and O–H groups in total. The smallest absolute Gasteiger partial charge is 0.305 e. The lowest BCUT2D eigenvalue weighted by atomic mass is 9.99. The van der Waals surface area contributed by atoms with Crippen LogP contribution < -0.4 is 5.32 Å². The molecule has 0 aromatic rings. The lowest BCUT2D eigenvalue weighted by Crippen LogP contribution is -2.60. The number of ether oxygens (including phenoxy) is 3. The van der Waals surface area contributed by atoms with Crippen molar-refractivity contribution in [1.29, 1.82) is 0 Å². The van der Waals surface area contributed by atoms with Crippen molar-refractivity contribution < 1.29 is 49.3 Å². The van der Waals surface area contributed by atoms with Crippen LogP contribution in [0.2, 0.25) is 0 Å². The number of nitrogens with one attached hydrogen (secondary N) is 1. The normalized spacial score (nSPS) is 20.4. The predicted molar refractivity (Wildman–Crippen MR) is 255 cm³/mol. The van der Waals surface area contributed by atoms with Gasteiger partial charge in [0.05, 0.1) is 32.0 Å². The van der Waals surface area contributed by atoms with Gasteiger partial charge in [0.15, 0.2) is 6.29 Å². The third-order valence-electron chi connectivity index (χ3n) is 11.6. The molecule has 11 nitrogen and oxygen atoms in total. The molecule has 7 atom stereocenters. The molecule has 1 rings (SSSR count). The highest BCUT2D eigenvalue weighted by Gasteiger charge is 2.44. The maximum atomic E-state index is 12.9. The van der Waals surface area contributed by atoms with Crippen LogP contribution in [0.5, 0.6) is 0 Å². The van der Waals surface area contributed by atoms with E-state index < -0.39 is 49.5 Å². The highest BCUT2D eigenvalue weighted by Crippen LogP contribution is 2.22. The first-order valence-electron chi connectivity index (χ1n) is 25.4. The van der Waals surface area contributed by atoms with Crippen LogP contribution in [0, 0.1) is 0 Å². The van der Waals surface area contributed by atoms with E-state index in [1.165, 1.54) is 89.9 Å². The van der Waals surface area contributed by atoms with Crippen LogP contribution in [-0.4, -0.2) is 100 Å². The molecule has 0 radical (unpaired) electrons. The number of aliphatic hydroxyl groups excluding tert-OH is 5. The van der Waals surface area contributed by atoms with Gasteiger partial charge < -0.3 is 45.1 Å². The Morgan fingerprint density at radius 2 is 1.03 bits per heavy atom. The maximum Gasteiger partial charge on any atom is 0.305 e. The highest BCUT2D eigenvalue weighted by molar-refractivity contribution is 5.76. The number of hydrogen-bond donors (Lipinski definition) is 6. The van der Waals surface area contributed by atoms with Crippen molar-refractivity contribution in [3.63, 3.8) is 0 Å². The number of esters is 1. The summed E-state index contributed by atoms with van der Waals surface area (Å²) in [6.07, 6.45) is 40.6. The topological polar surface area (TPSA) is 175 Å². The number of rotatable bonds is 42. The van der Waals surface area contributed by atoms with E-state index in [4.69, 9.17) is 14.2 Å². The van der Waals surface area contributed by atoms with Crippen molar-refractivity contribution >= 4 is 11.9 Å². The van der Waals surface area contributed by atoms with Gasteiger partial charge in [-0.1, -0.05) is 146 Å². The fourth-order valence-electron chi connectivity index (χ4n) is 7.49. The van der Waals surface area contributed by atoms with Gasteiger partial charge in [0.2, 0.25) is 5.91 Å². The molecule has 1 amide bonds. The zero-order chi connectivity index (χ0) is 46.0. The summed E-state index contributed by atoms with van der Waals surface area (Å²) in [6, 6.07) is -0.848. The van der Waals surface area contributed by atoms with Crippen molar-refractivity contribution in [1.82, 2.24) is 5.32 Å². The Morgan fingerprint density at radius 3 is 1.60 bits per heavy atom. The Kier molecular flexibility index (Phi) is 39.3. The van der Waals surface area contributed by atoms with Gasteiger partial charge in [0.1, 0.15) is 24.4 Å². The van der Waals surface area contributed by atoms with Gasteiger partial charge >= 0.3 is 5.97 Å². The van der Waals surface area contributed by atoms with Crippen molar-refractivity contribution in [3.8, 4) is 0 Å². The lowest BCUT2D eigenvalue weighted by Gasteiger charge is -2.40. The molecule has 11 heteroatoms. The van der Waals surface area contributed by atoms with Gasteiger partial charge in [-0.3, -0.25) is 9.59 Å². The minimum atomic E-state index is -1.59. The fraction of sp³-hybridized carbons (Fsp3) is 0.808. The molecule has 1 aliphatic heterocycles. The molecule has 0 spiro atoms. The van der Waals surface area contributed by atoms with Crippen LogP contribution in [0.25, 0.3) is 0 Å². The molecule has 1 fully saturated rings. The Hall–Kier alpha value is -2.38. The monoisotopic (exact) mass is 892 g/mol. The summed E-state index contributed by atoms with van der Waals surface area (Å²) in [5.74, 6) is -0.294. The average Bonchev–Trinajstić information content (AvgIpc) is 3.28. The summed E-state index contributed by atoms with van der Waals surface area (Å²) >= 11 is 0. The summed E-state index contributed by atoms with van der Waals surface area (Å²) in [7, 11) is 0. The van der Waals surface area contributed by atoms with E-state index in [0.717, 1.165) is 83.5 Å². The average molecular weight is 892 g/mol. The molecular weight excluding hydrogens is 799 g/mol. The number of allylic oxidation sites excluding steroid dienone is 7. The van der Waals surface area contributed by atoms with E-state index in [0.29, 0.717) is 25.9 Å². The standard InChI is InChI=1S/C52H93NO10/c1-3-5-7-9-11-13-14-15-16-17-20-24-28-32-36-40-48(57)61-41-37-33-29-25-21-18-19-23-27-31-35-39-47(56)53-44(45(55)38-34-30-26-22-12-10-8-6-4-2)43-62-52-51(60)50(59)49(58)46(42-54)63-52/h12,15-16,21-22,25,34,38,44-46,49-52,54-55,58-60H,3-11,13-14,17-20,23-24,26-33,35-37,39-43H2,1-2H3,(H,53,56)/b16-15-,22-12+,25-21-,38-34+. The lowest BCUT2D eigenvalue weighted by molar-refractivity contribution is -0.302. The molecule has 0 aromatic carbocycles. The quantitative estimate of drug-likeness (QED) is 0.0197. The second kappa shape index (κ2) is 42.3. The molecular formula is C52H93NO10. The summed E-state index contributed by atoms with van der Waals surface area (Å²) in [5, 5.41) is 54.0. The van der Waals surface area contributed by atoms with Crippen molar-refractivity contribution in [2.45, 2.75) is 249 Å². The summed E-state index contributed by atoms with van der Waals surface area (Å²) < 4.78 is 16.6. The predicted octanol–water partition coefficient (Wildman–Crippen LogP) is 10.2. The summed E-state index contributed by atoms with van der Waals surface area (Å²) in [4.78, 5) is 25.0. The summed E-state index contributed by atoms with van der Waals surface area (Å²) in [5.41, 5.74) is 0. The molecule has 0 saturated carbocycles. The fourth-order valence-corrected chi connectivity index (χ4v) is 7.49. The molecule has 0 bridgehead atoms. The van der Waals surface area contributed by atoms with Gasteiger partial charge in [0, 0.05) is 12.8 Å². The van der Waals surface area contributed by atoms with Crippen molar-refractivity contribution in [2.75, 3.05) is 19.8 Å². The van der Waals surface area contributed by atoms with Gasteiger partial charge in [-0.15, -0.1) is 0 Å². The van der Waals surface area contributed by atoms with Crippen LogP contribution in [0.4, 0.5) is 0 Å². The minimum absolute atomic E-state index is 0.0678. The van der Waals surface area contributed by atoms with Crippen LogP contribution >= 0.6 is 0 Å². The third kappa shape index (κ3) is 32.9. The Morgan fingerprint density at radius 1 is 0.571 bits per heavy atom. The minimum Gasteiger partial charge on any atom is -0.466 e. The van der Waals surface area contributed by atoms with Gasteiger partial charge in [-0.2, -0.15) is 0 Å². The Balaban J connectivity index is 2.17. The van der Waals surface area contributed by atoms with Gasteiger partial charge in [-0.05, 0) is 96.3 Å². The zero-order valence-corrected chi connectivity index (χ0v) is 39.8. The number of carbonyl (C=O) groups is 2. The second-order valence-corrected chi connectivity index (χ2v) is 17.5. The van der Waals surface area contributed by atoms with Crippen LogP contribution in [0.1, 0.15) is 206 Å². The molecule has 1 aliphatic rings. The Labute approximate surface area is 383 Å². The molecule has 366 valence electrons. The van der Waals surface area contributed by atoms with Crippen molar-refractivity contribution in [2.24, 2.45) is 0 Å². The van der Waals surface area contributed by atoms with E-state index >= 15 is 0 Å². The summed E-state index contributed by atoms with van der Waals surface area (Å²) in [6.45, 7) is 4.13. The van der Waals surface area contributed by atoms with Crippen LogP contribution in [-0.2, 0) is 23.8 Å². The molecule has 0 aromatic heterocycles. The SMILES string of the molecule is CCCCC/C=C/CC/C=C/C(O)C(COC1OC(CO)C(O)C(O)C1O)NC(=O)CCCCCCC/C=C\CCCCOC(=O)CCCCCCC/C=C\CCCCCCCC. The van der Waals surface area contributed by atoms with Crippen LogP contribution in [0.15, 0.2) is 48.6 Å². The largest absolute Gasteiger partial charge is 0.466 e. The van der Waals surface area contributed by atoms with Crippen LogP contribution in [0.3, 0.4) is 0 Å². The molecule has 0 aliphatic carbocycles. The molecule has 63 heavy (non-hydrogen) atoms. The number of amides is 1. The van der Waals surface area contributed by atoms with E-state index in [-0.39, 0.29) is 18.5 Å². The second-order valence-electron chi connectivity index (χ2n) is 17.5. The number of hydrogen-bond acceptors (Lipinski definition) is 10. The maximum absolute atomic E-state index is 12.9. The van der Waals surface area contributed by atoms with Crippen molar-refractivity contribution in [3.05, 3.63) is 48.6 Å². The number of aliphatic hydroxyl groups is 5. The first-order chi connectivity index (χ1) is 30.7. The van der Waals surface area contributed by atoms with E-state index in [1.54, 1.807) is 6.08 Å². The van der Waals surface area contributed by atoms with Gasteiger partial charge in [-0.25, -0.2) is 0 Å². The molecule has 1 saturated heterocycles. The molecule has 7 unspecified atom stereocenters. The van der Waals surface area contributed by atoms with E-state index in [1.807, 2.05) is 6.08 Å². The Bertz CT molecular complexity index is 1190. The van der Waals surface area contributed by atoms with E-state index in [9.17, 15) is 35.1 Å². The highest BCUT2D eigenvalue weighted by atomic mass is 16.7.